The van der Waals surface area contributed by atoms with Crippen LogP contribution < -0.4 is 0 Å². The standard InChI is InChI=1S/C15H27FO/c1-2-15(10-5-11-15)14(17)9-4-7-12-6-3-8-13(12)16/h12-14,17H,2-11H2,1H3/t12-,13-,14?/m0/s1. The van der Waals surface area contributed by atoms with Crippen molar-refractivity contribution < 1.29 is 9.50 Å². The second kappa shape index (κ2) is 5.69. The van der Waals surface area contributed by atoms with Crippen LogP contribution in [0.5, 0.6) is 0 Å². The van der Waals surface area contributed by atoms with Crippen LogP contribution in [0, 0.1) is 11.3 Å². The van der Waals surface area contributed by atoms with E-state index in [4.69, 9.17) is 0 Å². The minimum absolute atomic E-state index is 0.138. The van der Waals surface area contributed by atoms with Crippen molar-refractivity contribution in [2.45, 2.75) is 83.4 Å². The van der Waals surface area contributed by atoms with Gasteiger partial charge in [-0.1, -0.05) is 26.2 Å². The first-order valence-electron chi connectivity index (χ1n) is 7.50. The summed E-state index contributed by atoms with van der Waals surface area (Å²) in [7, 11) is 0. The lowest BCUT2D eigenvalue weighted by molar-refractivity contribution is -0.0438. The summed E-state index contributed by atoms with van der Waals surface area (Å²) in [5.74, 6) is 0.293. The van der Waals surface area contributed by atoms with Crippen molar-refractivity contribution in [2.75, 3.05) is 0 Å². The zero-order valence-corrected chi connectivity index (χ0v) is 11.1. The summed E-state index contributed by atoms with van der Waals surface area (Å²) in [6, 6.07) is 0. The number of halogens is 1. The molecule has 0 heterocycles. The molecule has 2 rings (SSSR count). The van der Waals surface area contributed by atoms with E-state index in [1.165, 1.54) is 19.3 Å². The van der Waals surface area contributed by atoms with E-state index in [0.29, 0.717) is 5.92 Å². The summed E-state index contributed by atoms with van der Waals surface area (Å²) in [4.78, 5) is 0. The van der Waals surface area contributed by atoms with Crippen molar-refractivity contribution in [3.8, 4) is 0 Å². The Balaban J connectivity index is 1.67. The molecule has 2 aliphatic rings. The molecule has 2 saturated carbocycles. The molecule has 0 radical (unpaired) electrons. The third-order valence-electron chi connectivity index (χ3n) is 5.38. The Hall–Kier alpha value is -0.110. The average Bonchev–Trinajstić information content (AvgIpc) is 2.64. The van der Waals surface area contributed by atoms with Crippen LogP contribution in [0.25, 0.3) is 0 Å². The van der Waals surface area contributed by atoms with Crippen LogP contribution in [0.1, 0.15) is 71.1 Å². The summed E-state index contributed by atoms with van der Waals surface area (Å²) in [6.07, 6.45) is 9.85. The Labute approximate surface area is 105 Å². The van der Waals surface area contributed by atoms with Gasteiger partial charge in [0.05, 0.1) is 6.10 Å². The SMILES string of the molecule is CCC1(C(O)CCC[C@@H]2CCC[C@@H]2F)CCC1. The molecule has 0 spiro atoms. The first kappa shape index (κ1) is 13.3. The molecule has 1 unspecified atom stereocenters. The summed E-state index contributed by atoms with van der Waals surface area (Å²) >= 11 is 0. The second-order valence-electron chi connectivity index (χ2n) is 6.22. The summed E-state index contributed by atoms with van der Waals surface area (Å²) in [5, 5.41) is 10.3. The third-order valence-corrected chi connectivity index (χ3v) is 5.38. The topological polar surface area (TPSA) is 20.2 Å². The van der Waals surface area contributed by atoms with Crippen LogP contribution in [0.3, 0.4) is 0 Å². The fourth-order valence-corrected chi connectivity index (χ4v) is 3.75. The van der Waals surface area contributed by atoms with Crippen molar-refractivity contribution in [3.63, 3.8) is 0 Å². The van der Waals surface area contributed by atoms with Gasteiger partial charge in [-0.25, -0.2) is 4.39 Å². The molecule has 2 aliphatic carbocycles. The van der Waals surface area contributed by atoms with Gasteiger partial charge in [-0.15, -0.1) is 0 Å². The number of aliphatic hydroxyl groups is 1. The van der Waals surface area contributed by atoms with E-state index >= 15 is 0 Å². The maximum atomic E-state index is 13.4. The van der Waals surface area contributed by atoms with Crippen molar-refractivity contribution in [1.82, 2.24) is 0 Å². The Morgan fingerprint density at radius 2 is 2.06 bits per heavy atom. The monoisotopic (exact) mass is 242 g/mol. The highest BCUT2D eigenvalue weighted by molar-refractivity contribution is 4.92. The predicted octanol–water partition coefficient (Wildman–Crippen LogP) is 4.24. The van der Waals surface area contributed by atoms with Gasteiger partial charge in [-0.05, 0) is 56.3 Å². The van der Waals surface area contributed by atoms with Crippen LogP contribution in [0.15, 0.2) is 0 Å². The number of aliphatic hydroxyl groups excluding tert-OH is 1. The Bertz CT molecular complexity index is 232. The Kier molecular flexibility index (Phi) is 4.46. The molecule has 1 N–H and O–H groups in total. The minimum Gasteiger partial charge on any atom is -0.393 e. The first-order valence-corrected chi connectivity index (χ1v) is 7.50. The molecule has 0 saturated heterocycles. The number of hydrogen-bond donors (Lipinski definition) is 1. The molecule has 1 nitrogen and oxygen atoms in total. The zero-order chi connectivity index (χ0) is 12.3. The largest absolute Gasteiger partial charge is 0.393 e. The summed E-state index contributed by atoms with van der Waals surface area (Å²) in [6.45, 7) is 2.19. The number of alkyl halides is 1. The molecular formula is C15H27FO. The van der Waals surface area contributed by atoms with Gasteiger partial charge in [-0.3, -0.25) is 0 Å². The van der Waals surface area contributed by atoms with Crippen LogP contribution >= 0.6 is 0 Å². The molecule has 0 amide bonds. The van der Waals surface area contributed by atoms with Gasteiger partial charge >= 0.3 is 0 Å². The Morgan fingerprint density at radius 3 is 2.53 bits per heavy atom. The molecule has 17 heavy (non-hydrogen) atoms. The lowest BCUT2D eigenvalue weighted by Gasteiger charge is -2.45. The lowest BCUT2D eigenvalue weighted by atomic mass is 9.62. The maximum absolute atomic E-state index is 13.4. The fourth-order valence-electron chi connectivity index (χ4n) is 3.75. The van der Waals surface area contributed by atoms with Crippen LogP contribution in [-0.4, -0.2) is 17.4 Å². The van der Waals surface area contributed by atoms with Gasteiger partial charge < -0.3 is 5.11 Å². The van der Waals surface area contributed by atoms with Crippen molar-refractivity contribution >= 4 is 0 Å². The molecule has 2 fully saturated rings. The molecular weight excluding hydrogens is 215 g/mol. The first-order chi connectivity index (χ1) is 8.18. The molecule has 0 bridgehead atoms. The van der Waals surface area contributed by atoms with E-state index in [0.717, 1.165) is 44.9 Å². The van der Waals surface area contributed by atoms with Gasteiger partial charge in [0, 0.05) is 0 Å². The van der Waals surface area contributed by atoms with E-state index in [9.17, 15) is 9.50 Å². The highest BCUT2D eigenvalue weighted by atomic mass is 19.1. The van der Waals surface area contributed by atoms with E-state index < -0.39 is 6.17 Å². The van der Waals surface area contributed by atoms with Crippen LogP contribution in [0.4, 0.5) is 4.39 Å². The molecule has 3 atom stereocenters. The average molecular weight is 242 g/mol. The summed E-state index contributed by atoms with van der Waals surface area (Å²) < 4.78 is 13.4. The quantitative estimate of drug-likeness (QED) is 0.738. The van der Waals surface area contributed by atoms with E-state index in [1.807, 2.05) is 0 Å². The van der Waals surface area contributed by atoms with Crippen LogP contribution in [-0.2, 0) is 0 Å². The van der Waals surface area contributed by atoms with Crippen LogP contribution in [0.2, 0.25) is 0 Å². The zero-order valence-electron chi connectivity index (χ0n) is 11.1. The van der Waals surface area contributed by atoms with E-state index in [2.05, 4.69) is 6.92 Å². The lowest BCUT2D eigenvalue weighted by Crippen LogP contribution is -2.40. The third kappa shape index (κ3) is 2.83. The molecule has 0 aromatic heterocycles. The van der Waals surface area contributed by atoms with E-state index in [1.54, 1.807) is 0 Å². The second-order valence-corrected chi connectivity index (χ2v) is 6.22. The van der Waals surface area contributed by atoms with Gasteiger partial charge in [0.25, 0.3) is 0 Å². The normalized spacial score (nSPS) is 33.4. The fraction of sp³-hybridized carbons (Fsp3) is 1.00. The van der Waals surface area contributed by atoms with Gasteiger partial charge in [0.15, 0.2) is 0 Å². The van der Waals surface area contributed by atoms with Crippen molar-refractivity contribution in [1.29, 1.82) is 0 Å². The van der Waals surface area contributed by atoms with Gasteiger partial charge in [0.1, 0.15) is 6.17 Å². The minimum atomic E-state index is -0.559. The number of rotatable bonds is 6. The highest BCUT2D eigenvalue weighted by Crippen LogP contribution is 2.48. The van der Waals surface area contributed by atoms with Crippen molar-refractivity contribution in [3.05, 3.63) is 0 Å². The highest BCUT2D eigenvalue weighted by Gasteiger charge is 2.41. The van der Waals surface area contributed by atoms with Gasteiger partial charge in [-0.2, -0.15) is 0 Å². The smallest absolute Gasteiger partial charge is 0.103 e. The predicted molar refractivity (Wildman–Crippen MR) is 68.7 cm³/mol. The molecule has 2 heteroatoms. The number of hydrogen-bond acceptors (Lipinski definition) is 1. The molecule has 100 valence electrons. The Morgan fingerprint density at radius 1 is 1.29 bits per heavy atom. The van der Waals surface area contributed by atoms with E-state index in [-0.39, 0.29) is 11.5 Å². The summed E-state index contributed by atoms with van der Waals surface area (Å²) in [5.41, 5.74) is 0.227. The molecule has 0 aliphatic heterocycles. The van der Waals surface area contributed by atoms with Gasteiger partial charge in [0.2, 0.25) is 0 Å². The molecule has 0 aromatic rings. The maximum Gasteiger partial charge on any atom is 0.103 e. The van der Waals surface area contributed by atoms with Crippen molar-refractivity contribution in [2.24, 2.45) is 11.3 Å². The molecule has 0 aromatic carbocycles.